The fourth-order valence-electron chi connectivity index (χ4n) is 2.71. The number of amides is 1. The van der Waals surface area contributed by atoms with E-state index in [0.29, 0.717) is 11.6 Å². The number of benzene rings is 2. The Morgan fingerprint density at radius 1 is 1.23 bits per heavy atom. The van der Waals surface area contributed by atoms with E-state index in [9.17, 15) is 4.79 Å². The molecule has 1 aliphatic rings. The number of carbonyl (C=O) groups excluding carboxylic acids is 1. The number of hydrogen-bond acceptors (Lipinski definition) is 3. The van der Waals surface area contributed by atoms with Crippen molar-refractivity contribution in [3.05, 3.63) is 59.4 Å². The Labute approximate surface area is 131 Å². The minimum atomic E-state index is -0.348. The number of nitrogens with zero attached hydrogens (tertiary/aromatic N) is 2. The molecule has 1 aromatic heterocycles. The number of ether oxygens (including phenoxy) is 1. The van der Waals surface area contributed by atoms with Gasteiger partial charge in [-0.3, -0.25) is 4.90 Å². The molecule has 2 aromatic carbocycles. The minimum Gasteiger partial charge on any atom is -0.447 e. The average molecular weight is 314 g/mol. The molecule has 22 heavy (non-hydrogen) atoms. The van der Waals surface area contributed by atoms with Crippen molar-refractivity contribution in [2.45, 2.75) is 6.04 Å². The summed E-state index contributed by atoms with van der Waals surface area (Å²) in [6, 6.07) is 13.0. The number of nitrogens with one attached hydrogen (secondary N) is 1. The van der Waals surface area contributed by atoms with Crippen molar-refractivity contribution in [1.82, 2.24) is 9.97 Å². The molecule has 3 aromatic rings. The maximum atomic E-state index is 12.2. The van der Waals surface area contributed by atoms with Gasteiger partial charge in [-0.15, -0.1) is 0 Å². The summed E-state index contributed by atoms with van der Waals surface area (Å²) in [5.41, 5.74) is 3.51. The van der Waals surface area contributed by atoms with Crippen molar-refractivity contribution >= 4 is 34.4 Å². The van der Waals surface area contributed by atoms with E-state index in [1.165, 1.54) is 0 Å². The average Bonchev–Trinajstić information content (AvgIpc) is 3.13. The summed E-state index contributed by atoms with van der Waals surface area (Å²) < 4.78 is 5.24. The molecule has 0 saturated carbocycles. The summed E-state index contributed by atoms with van der Waals surface area (Å²) in [6.45, 7) is 0.321. The van der Waals surface area contributed by atoms with Crippen LogP contribution in [-0.2, 0) is 4.74 Å². The number of H-pyrrole nitrogens is 1. The lowest BCUT2D eigenvalue weighted by molar-refractivity contribution is 0.179. The molecule has 1 N–H and O–H groups in total. The Kier molecular flexibility index (Phi) is 3.01. The molecule has 1 fully saturated rings. The van der Waals surface area contributed by atoms with Gasteiger partial charge in [0.25, 0.3) is 0 Å². The number of halogens is 1. The highest BCUT2D eigenvalue weighted by atomic mass is 35.5. The van der Waals surface area contributed by atoms with E-state index in [4.69, 9.17) is 16.3 Å². The monoisotopic (exact) mass is 313 g/mol. The second-order valence-corrected chi connectivity index (χ2v) is 5.55. The van der Waals surface area contributed by atoms with Gasteiger partial charge in [0.1, 0.15) is 6.61 Å². The topological polar surface area (TPSA) is 58.2 Å². The van der Waals surface area contributed by atoms with Gasteiger partial charge in [-0.1, -0.05) is 23.7 Å². The molecule has 0 bridgehead atoms. The summed E-state index contributed by atoms with van der Waals surface area (Å²) in [5.74, 6) is 0. The van der Waals surface area contributed by atoms with Crippen LogP contribution in [0, 0.1) is 0 Å². The van der Waals surface area contributed by atoms with Gasteiger partial charge in [-0.25, -0.2) is 9.78 Å². The molecule has 1 atom stereocenters. The molecule has 2 heterocycles. The number of aromatic nitrogens is 2. The quantitative estimate of drug-likeness (QED) is 0.780. The number of aromatic amines is 1. The first-order chi connectivity index (χ1) is 10.7. The number of anilines is 1. The predicted octanol–water partition coefficient (Wildman–Crippen LogP) is 3.91. The maximum Gasteiger partial charge on any atom is 0.415 e. The van der Waals surface area contributed by atoms with E-state index >= 15 is 0 Å². The summed E-state index contributed by atoms with van der Waals surface area (Å²) >= 11 is 5.93. The van der Waals surface area contributed by atoms with Crippen LogP contribution in [0.3, 0.4) is 0 Å². The lowest BCUT2D eigenvalue weighted by atomic mass is 10.1. The number of imidazole rings is 1. The van der Waals surface area contributed by atoms with Crippen molar-refractivity contribution in [2.75, 3.05) is 11.5 Å². The Hall–Kier alpha value is -2.53. The smallest absolute Gasteiger partial charge is 0.415 e. The summed E-state index contributed by atoms with van der Waals surface area (Å²) in [4.78, 5) is 21.0. The summed E-state index contributed by atoms with van der Waals surface area (Å²) in [6.07, 6.45) is 1.28. The molecule has 4 rings (SSSR count). The van der Waals surface area contributed by atoms with Gasteiger partial charge >= 0.3 is 6.09 Å². The molecular formula is C16H12ClN3O2. The Bertz CT molecular complexity index is 844. The van der Waals surface area contributed by atoms with E-state index in [-0.39, 0.29) is 12.1 Å². The molecule has 0 spiro atoms. The maximum absolute atomic E-state index is 12.2. The van der Waals surface area contributed by atoms with E-state index in [2.05, 4.69) is 9.97 Å². The molecule has 6 heteroatoms. The van der Waals surface area contributed by atoms with Crippen molar-refractivity contribution in [1.29, 1.82) is 0 Å². The number of hydrogen-bond donors (Lipinski definition) is 1. The highest BCUT2D eigenvalue weighted by Crippen LogP contribution is 2.34. The largest absolute Gasteiger partial charge is 0.447 e. The third kappa shape index (κ3) is 2.10. The van der Waals surface area contributed by atoms with Crippen molar-refractivity contribution in [3.63, 3.8) is 0 Å². The van der Waals surface area contributed by atoms with Crippen LogP contribution in [0.2, 0.25) is 5.02 Å². The number of fused-ring (bicyclic) bond motifs is 1. The van der Waals surface area contributed by atoms with E-state index in [1.54, 1.807) is 11.2 Å². The molecule has 0 unspecified atom stereocenters. The van der Waals surface area contributed by atoms with Gasteiger partial charge in [0.05, 0.1) is 29.1 Å². The van der Waals surface area contributed by atoms with Crippen LogP contribution in [0.15, 0.2) is 48.8 Å². The third-order valence-corrected chi connectivity index (χ3v) is 4.06. The summed E-state index contributed by atoms with van der Waals surface area (Å²) in [7, 11) is 0. The molecule has 110 valence electrons. The second-order valence-electron chi connectivity index (χ2n) is 5.12. The molecule has 1 saturated heterocycles. The van der Waals surface area contributed by atoms with Gasteiger partial charge in [-0.05, 0) is 35.9 Å². The first-order valence-corrected chi connectivity index (χ1v) is 7.25. The zero-order chi connectivity index (χ0) is 15.1. The molecular weight excluding hydrogens is 302 g/mol. The lowest BCUT2D eigenvalue weighted by Crippen LogP contribution is -2.27. The minimum absolute atomic E-state index is 0.162. The standard InChI is InChI=1S/C16H12ClN3O2/c17-11-3-1-10(2-4-11)15-8-22-16(21)20(15)12-5-6-13-14(7-12)19-9-18-13/h1-7,9,15H,8H2,(H,18,19)/t15-/m1/s1. The van der Waals surface area contributed by atoms with Gasteiger partial charge in [0, 0.05) is 5.02 Å². The first kappa shape index (κ1) is 13.2. The highest BCUT2D eigenvalue weighted by molar-refractivity contribution is 6.30. The van der Waals surface area contributed by atoms with Gasteiger partial charge in [0.15, 0.2) is 0 Å². The van der Waals surface area contributed by atoms with Crippen LogP contribution in [0.5, 0.6) is 0 Å². The normalized spacial score (nSPS) is 18.0. The van der Waals surface area contributed by atoms with Crippen molar-refractivity contribution in [2.24, 2.45) is 0 Å². The van der Waals surface area contributed by atoms with E-state index in [0.717, 1.165) is 22.3 Å². The van der Waals surface area contributed by atoms with Crippen molar-refractivity contribution in [3.8, 4) is 0 Å². The number of rotatable bonds is 2. The SMILES string of the molecule is O=C1OC[C@H](c2ccc(Cl)cc2)N1c1ccc2nc[nH]c2c1. The zero-order valence-corrected chi connectivity index (χ0v) is 12.2. The fraction of sp³-hybridized carbons (Fsp3) is 0.125. The van der Waals surface area contributed by atoms with E-state index in [1.807, 2.05) is 42.5 Å². The number of cyclic esters (lactones) is 1. The molecule has 0 radical (unpaired) electrons. The van der Waals surface area contributed by atoms with Crippen LogP contribution < -0.4 is 4.90 Å². The van der Waals surface area contributed by atoms with Gasteiger partial charge < -0.3 is 9.72 Å². The first-order valence-electron chi connectivity index (χ1n) is 6.87. The van der Waals surface area contributed by atoms with Crippen molar-refractivity contribution < 1.29 is 9.53 Å². The molecule has 5 nitrogen and oxygen atoms in total. The predicted molar refractivity (Wildman–Crippen MR) is 84.1 cm³/mol. The third-order valence-electron chi connectivity index (χ3n) is 3.81. The van der Waals surface area contributed by atoms with Crippen LogP contribution in [0.25, 0.3) is 11.0 Å². The molecule has 1 amide bonds. The zero-order valence-electron chi connectivity index (χ0n) is 11.5. The van der Waals surface area contributed by atoms with Gasteiger partial charge in [0.2, 0.25) is 0 Å². The van der Waals surface area contributed by atoms with Crippen LogP contribution in [0.1, 0.15) is 11.6 Å². The van der Waals surface area contributed by atoms with Crippen LogP contribution in [0.4, 0.5) is 10.5 Å². The Morgan fingerprint density at radius 2 is 2.05 bits per heavy atom. The Balaban J connectivity index is 1.76. The highest BCUT2D eigenvalue weighted by Gasteiger charge is 2.35. The Morgan fingerprint density at radius 3 is 2.86 bits per heavy atom. The van der Waals surface area contributed by atoms with Crippen LogP contribution >= 0.6 is 11.6 Å². The lowest BCUT2D eigenvalue weighted by Gasteiger charge is -2.21. The van der Waals surface area contributed by atoms with Crippen LogP contribution in [-0.4, -0.2) is 22.7 Å². The van der Waals surface area contributed by atoms with Gasteiger partial charge in [-0.2, -0.15) is 0 Å². The summed E-state index contributed by atoms with van der Waals surface area (Å²) in [5, 5.41) is 0.666. The fourth-order valence-corrected chi connectivity index (χ4v) is 2.84. The second kappa shape index (κ2) is 5.03. The molecule has 1 aliphatic heterocycles. The number of carbonyl (C=O) groups is 1. The van der Waals surface area contributed by atoms with E-state index < -0.39 is 0 Å². The molecule has 0 aliphatic carbocycles.